The van der Waals surface area contributed by atoms with Gasteiger partial charge in [0.2, 0.25) is 5.91 Å². The zero-order valence-electron chi connectivity index (χ0n) is 20.1. The predicted molar refractivity (Wildman–Crippen MR) is 137 cm³/mol. The number of nitrogens with two attached hydrogens (primary N) is 1. The van der Waals surface area contributed by atoms with E-state index in [0.29, 0.717) is 11.4 Å². The Bertz CT molecular complexity index is 1230. The molecule has 8 heteroatoms. The summed E-state index contributed by atoms with van der Waals surface area (Å²) in [4.78, 5) is 36.9. The number of rotatable bonds is 10. The topological polar surface area (TPSA) is 98.5 Å². The Hall–Kier alpha value is -3.55. The van der Waals surface area contributed by atoms with Crippen LogP contribution in [-0.2, 0) is 20.7 Å². The molecule has 0 aliphatic rings. The van der Waals surface area contributed by atoms with E-state index in [-0.39, 0.29) is 24.2 Å². The Balaban J connectivity index is 1.69. The van der Waals surface area contributed by atoms with Crippen LogP contribution in [0.3, 0.4) is 0 Å². The maximum atomic E-state index is 13.2. The van der Waals surface area contributed by atoms with Crippen molar-refractivity contribution in [2.24, 2.45) is 5.73 Å². The van der Waals surface area contributed by atoms with Crippen molar-refractivity contribution in [2.75, 3.05) is 0 Å². The van der Waals surface area contributed by atoms with Gasteiger partial charge in [0.1, 0.15) is 11.9 Å². The van der Waals surface area contributed by atoms with E-state index in [9.17, 15) is 18.8 Å². The van der Waals surface area contributed by atoms with Crippen molar-refractivity contribution in [1.82, 2.24) is 5.32 Å². The third kappa shape index (κ3) is 8.00. The summed E-state index contributed by atoms with van der Waals surface area (Å²) in [6.07, 6.45) is 0.455. The quantitative estimate of drug-likeness (QED) is 0.293. The molecule has 3 N–H and O–H groups in total. The van der Waals surface area contributed by atoms with Crippen molar-refractivity contribution in [2.45, 2.75) is 44.7 Å². The van der Waals surface area contributed by atoms with Gasteiger partial charge in [-0.15, -0.1) is 0 Å². The van der Waals surface area contributed by atoms with E-state index in [1.54, 1.807) is 48.5 Å². The standard InChI is InChI=1S/C28H28ClFN2O4/c1-28(2,17-18-6-12-23(30)13-7-18)32-24(14-15-25(31)33)27(35)36-26(34)20-10-8-19(9-11-20)21-4-3-5-22(29)16-21/h3-13,16,24,32H,14-15,17H2,1-2H3,(H2,31,33)/t24-/m0/s1. The minimum Gasteiger partial charge on any atom is -0.388 e. The van der Waals surface area contributed by atoms with Gasteiger partial charge >= 0.3 is 11.9 Å². The second-order valence-corrected chi connectivity index (χ2v) is 9.62. The third-order valence-corrected chi connectivity index (χ3v) is 5.80. The Morgan fingerprint density at radius 2 is 1.67 bits per heavy atom. The van der Waals surface area contributed by atoms with E-state index in [1.807, 2.05) is 26.0 Å². The molecule has 3 aromatic rings. The first-order chi connectivity index (χ1) is 17.0. The normalized spacial score (nSPS) is 12.1. The number of carbonyl (C=O) groups excluding carboxylic acids is 3. The summed E-state index contributed by atoms with van der Waals surface area (Å²) in [5.74, 6) is -2.53. The summed E-state index contributed by atoms with van der Waals surface area (Å²) in [6.45, 7) is 3.72. The van der Waals surface area contributed by atoms with Crippen LogP contribution in [0.1, 0.15) is 42.6 Å². The first kappa shape index (κ1) is 27.0. The summed E-state index contributed by atoms with van der Waals surface area (Å²) in [7, 11) is 0. The van der Waals surface area contributed by atoms with Gasteiger partial charge < -0.3 is 10.5 Å². The van der Waals surface area contributed by atoms with Crippen molar-refractivity contribution in [3.63, 3.8) is 0 Å². The zero-order valence-corrected chi connectivity index (χ0v) is 20.8. The van der Waals surface area contributed by atoms with Crippen LogP contribution in [0.4, 0.5) is 4.39 Å². The van der Waals surface area contributed by atoms with Crippen LogP contribution in [0.25, 0.3) is 11.1 Å². The van der Waals surface area contributed by atoms with Gasteiger partial charge in [0, 0.05) is 17.0 Å². The first-order valence-corrected chi connectivity index (χ1v) is 11.8. The van der Waals surface area contributed by atoms with E-state index in [1.165, 1.54) is 12.1 Å². The lowest BCUT2D eigenvalue weighted by atomic mass is 9.93. The van der Waals surface area contributed by atoms with Crippen molar-refractivity contribution in [1.29, 1.82) is 0 Å². The number of benzene rings is 3. The van der Waals surface area contributed by atoms with Gasteiger partial charge in [-0.3, -0.25) is 10.1 Å². The smallest absolute Gasteiger partial charge is 0.345 e. The molecule has 0 saturated carbocycles. The molecule has 0 spiro atoms. The van der Waals surface area contributed by atoms with Gasteiger partial charge in [-0.2, -0.15) is 0 Å². The van der Waals surface area contributed by atoms with Gasteiger partial charge in [0.05, 0.1) is 5.56 Å². The van der Waals surface area contributed by atoms with Crippen LogP contribution >= 0.6 is 11.6 Å². The Labute approximate surface area is 214 Å². The van der Waals surface area contributed by atoms with E-state index >= 15 is 0 Å². The van der Waals surface area contributed by atoms with Crippen LogP contribution in [0.5, 0.6) is 0 Å². The predicted octanol–water partition coefficient (Wildman–Crippen LogP) is 5.07. The lowest BCUT2D eigenvalue weighted by molar-refractivity contribution is -0.141. The second kappa shape index (κ2) is 11.9. The second-order valence-electron chi connectivity index (χ2n) is 9.19. The van der Waals surface area contributed by atoms with Crippen molar-refractivity contribution >= 4 is 29.4 Å². The summed E-state index contributed by atoms with van der Waals surface area (Å²) in [6, 6.07) is 19.0. The van der Waals surface area contributed by atoms with Crippen LogP contribution < -0.4 is 11.1 Å². The summed E-state index contributed by atoms with van der Waals surface area (Å²) < 4.78 is 18.4. The van der Waals surface area contributed by atoms with Gasteiger partial charge in [-0.25, -0.2) is 14.0 Å². The van der Waals surface area contributed by atoms with Crippen molar-refractivity contribution < 1.29 is 23.5 Å². The molecular formula is C28H28ClFN2O4. The number of ether oxygens (including phenoxy) is 1. The van der Waals surface area contributed by atoms with Gasteiger partial charge in [-0.05, 0) is 79.8 Å². The van der Waals surface area contributed by atoms with Crippen molar-refractivity contribution in [3.05, 3.63) is 94.8 Å². The molecule has 1 amide bonds. The molecule has 6 nitrogen and oxygen atoms in total. The molecular weight excluding hydrogens is 483 g/mol. The molecule has 3 aromatic carbocycles. The number of halogens is 2. The monoisotopic (exact) mass is 510 g/mol. The Kier molecular flexibility index (Phi) is 8.96. The molecule has 0 unspecified atom stereocenters. The molecule has 1 atom stereocenters. The highest BCUT2D eigenvalue weighted by molar-refractivity contribution is 6.30. The number of hydrogen-bond acceptors (Lipinski definition) is 5. The van der Waals surface area contributed by atoms with E-state index in [4.69, 9.17) is 22.1 Å². The lowest BCUT2D eigenvalue weighted by Gasteiger charge is -2.31. The van der Waals surface area contributed by atoms with Gasteiger partial charge in [0.15, 0.2) is 0 Å². The number of hydrogen-bond donors (Lipinski definition) is 2. The maximum Gasteiger partial charge on any atom is 0.345 e. The van der Waals surface area contributed by atoms with E-state index in [0.717, 1.165) is 16.7 Å². The molecule has 188 valence electrons. The van der Waals surface area contributed by atoms with E-state index in [2.05, 4.69) is 5.32 Å². The van der Waals surface area contributed by atoms with Crippen LogP contribution in [0.15, 0.2) is 72.8 Å². The summed E-state index contributed by atoms with van der Waals surface area (Å²) in [5.41, 5.74) is 7.43. The molecule has 0 aliphatic carbocycles. The number of esters is 2. The minimum atomic E-state index is -0.956. The SMILES string of the molecule is CC(C)(Cc1ccc(F)cc1)N[C@@H](CCC(N)=O)C(=O)OC(=O)c1ccc(-c2cccc(Cl)c2)cc1. The average molecular weight is 511 g/mol. The average Bonchev–Trinajstić information content (AvgIpc) is 2.83. The van der Waals surface area contributed by atoms with E-state index < -0.39 is 29.4 Å². The largest absolute Gasteiger partial charge is 0.388 e. The zero-order chi connectivity index (χ0) is 26.3. The number of carbonyl (C=O) groups is 3. The molecule has 0 aromatic heterocycles. The van der Waals surface area contributed by atoms with Crippen LogP contribution in [-0.4, -0.2) is 29.4 Å². The fourth-order valence-corrected chi connectivity index (χ4v) is 4.05. The number of amides is 1. The molecule has 0 heterocycles. The first-order valence-electron chi connectivity index (χ1n) is 11.4. The summed E-state index contributed by atoms with van der Waals surface area (Å²) in [5, 5.41) is 3.76. The molecule has 36 heavy (non-hydrogen) atoms. The molecule has 0 aliphatic heterocycles. The summed E-state index contributed by atoms with van der Waals surface area (Å²) >= 11 is 6.04. The molecule has 0 saturated heterocycles. The Morgan fingerprint density at radius 3 is 2.28 bits per heavy atom. The molecule has 0 radical (unpaired) electrons. The highest BCUT2D eigenvalue weighted by atomic mass is 35.5. The minimum absolute atomic E-state index is 0.0575. The lowest BCUT2D eigenvalue weighted by Crippen LogP contribution is -2.51. The van der Waals surface area contributed by atoms with Gasteiger partial charge in [-0.1, -0.05) is 48.0 Å². The fourth-order valence-electron chi connectivity index (χ4n) is 3.86. The highest BCUT2D eigenvalue weighted by Crippen LogP contribution is 2.23. The number of primary amides is 1. The highest BCUT2D eigenvalue weighted by Gasteiger charge is 2.30. The molecule has 0 bridgehead atoms. The van der Waals surface area contributed by atoms with Gasteiger partial charge in [0.25, 0.3) is 0 Å². The van der Waals surface area contributed by atoms with Crippen LogP contribution in [0, 0.1) is 5.82 Å². The molecule has 3 rings (SSSR count). The maximum absolute atomic E-state index is 13.2. The fraction of sp³-hybridized carbons (Fsp3) is 0.250. The Morgan fingerprint density at radius 1 is 1.00 bits per heavy atom. The van der Waals surface area contributed by atoms with Crippen molar-refractivity contribution in [3.8, 4) is 11.1 Å². The third-order valence-electron chi connectivity index (χ3n) is 5.56. The number of nitrogens with one attached hydrogen (secondary N) is 1. The molecule has 0 fully saturated rings. The van der Waals surface area contributed by atoms with Crippen LogP contribution in [0.2, 0.25) is 5.02 Å².